The summed E-state index contributed by atoms with van der Waals surface area (Å²) in [5.41, 5.74) is 3.94. The van der Waals surface area contributed by atoms with Crippen molar-refractivity contribution in [1.29, 1.82) is 0 Å². The molecule has 3 aromatic carbocycles. The minimum absolute atomic E-state index is 0.0214. The van der Waals surface area contributed by atoms with E-state index in [0.717, 1.165) is 26.1 Å². The minimum Gasteiger partial charge on any atom is -0.333 e. The molecule has 5 heteroatoms. The lowest BCUT2D eigenvalue weighted by molar-refractivity contribution is -0.135. The van der Waals surface area contributed by atoms with Crippen LogP contribution >= 0.6 is 0 Å². The van der Waals surface area contributed by atoms with Gasteiger partial charge in [0, 0.05) is 13.1 Å². The molecule has 1 amide bonds. The van der Waals surface area contributed by atoms with E-state index in [1.807, 2.05) is 11.0 Å². The van der Waals surface area contributed by atoms with Crippen LogP contribution in [0.1, 0.15) is 47.1 Å². The van der Waals surface area contributed by atoms with Gasteiger partial charge < -0.3 is 9.80 Å². The molecule has 1 atom stereocenters. The fraction of sp³-hybridized carbons (Fsp3) is 0.321. The zero-order chi connectivity index (χ0) is 22.8. The first-order valence-electron chi connectivity index (χ1n) is 11.7. The number of halogens is 2. The highest BCUT2D eigenvalue weighted by Crippen LogP contribution is 2.36. The first-order chi connectivity index (χ1) is 16.1. The number of benzene rings is 3. The maximum absolute atomic E-state index is 14.2. The molecule has 0 aromatic heterocycles. The minimum atomic E-state index is -0.613. The van der Waals surface area contributed by atoms with Crippen LogP contribution in [0.2, 0.25) is 0 Å². The Hall–Kier alpha value is -3.05. The lowest BCUT2D eigenvalue weighted by Gasteiger charge is -2.41. The summed E-state index contributed by atoms with van der Waals surface area (Å²) in [6, 6.07) is 20.5. The van der Waals surface area contributed by atoms with Gasteiger partial charge in [0.15, 0.2) is 0 Å². The summed E-state index contributed by atoms with van der Waals surface area (Å²) in [7, 11) is 0. The molecular formula is C28H28F2N2O. The molecule has 2 aliphatic rings. The van der Waals surface area contributed by atoms with Crippen LogP contribution in [0.5, 0.6) is 0 Å². The highest BCUT2D eigenvalue weighted by molar-refractivity contribution is 5.88. The molecule has 3 aromatic rings. The van der Waals surface area contributed by atoms with E-state index in [1.54, 1.807) is 24.3 Å². The van der Waals surface area contributed by atoms with E-state index in [9.17, 15) is 13.6 Å². The van der Waals surface area contributed by atoms with Crippen LogP contribution in [0.25, 0.3) is 0 Å². The molecule has 170 valence electrons. The quantitative estimate of drug-likeness (QED) is 0.530. The highest BCUT2D eigenvalue weighted by Gasteiger charge is 2.36. The van der Waals surface area contributed by atoms with Gasteiger partial charge in [-0.25, -0.2) is 8.78 Å². The van der Waals surface area contributed by atoms with Gasteiger partial charge in [0.2, 0.25) is 5.91 Å². The zero-order valence-corrected chi connectivity index (χ0v) is 18.6. The van der Waals surface area contributed by atoms with Gasteiger partial charge in [-0.3, -0.25) is 4.79 Å². The van der Waals surface area contributed by atoms with E-state index in [2.05, 4.69) is 23.1 Å². The van der Waals surface area contributed by atoms with Crippen molar-refractivity contribution in [2.45, 2.75) is 31.2 Å². The lowest BCUT2D eigenvalue weighted by atomic mass is 9.86. The summed E-state index contributed by atoms with van der Waals surface area (Å²) in [4.78, 5) is 18.6. The Balaban J connectivity index is 1.54. The van der Waals surface area contributed by atoms with E-state index < -0.39 is 5.92 Å². The van der Waals surface area contributed by atoms with Gasteiger partial charge in [-0.05, 0) is 78.9 Å². The highest BCUT2D eigenvalue weighted by atomic mass is 19.1. The molecule has 0 aliphatic carbocycles. The Kier molecular flexibility index (Phi) is 6.23. The average Bonchev–Trinajstić information content (AvgIpc) is 3.35. The number of carbonyl (C=O) groups is 1. The Morgan fingerprint density at radius 3 is 2.00 bits per heavy atom. The normalized spacial score (nSPS) is 18.5. The van der Waals surface area contributed by atoms with Gasteiger partial charge in [0.25, 0.3) is 0 Å². The standard InChI is InChI=1S/C28H28F2N2O/c29-23-11-7-21(8-12-23)27(22-9-13-24(30)14-10-22)28(33)32-18-15-20-5-1-2-6-25(20)26(32)19-31-16-3-4-17-31/h1-2,5-14,26-27H,3-4,15-19H2. The molecule has 2 heterocycles. The first-order valence-corrected chi connectivity index (χ1v) is 11.7. The van der Waals surface area contributed by atoms with Gasteiger partial charge in [-0.15, -0.1) is 0 Å². The number of amides is 1. The molecule has 5 rings (SSSR count). The van der Waals surface area contributed by atoms with Crippen LogP contribution in [0.15, 0.2) is 72.8 Å². The van der Waals surface area contributed by atoms with Crippen molar-refractivity contribution in [3.8, 4) is 0 Å². The maximum Gasteiger partial charge on any atom is 0.235 e. The van der Waals surface area contributed by atoms with Gasteiger partial charge in [-0.2, -0.15) is 0 Å². The number of carbonyl (C=O) groups excluding carboxylic acids is 1. The van der Waals surface area contributed by atoms with Crippen LogP contribution in [0.3, 0.4) is 0 Å². The molecule has 33 heavy (non-hydrogen) atoms. The number of nitrogens with zero attached hydrogens (tertiary/aromatic N) is 2. The van der Waals surface area contributed by atoms with Gasteiger partial charge in [0.05, 0.1) is 12.0 Å². The summed E-state index contributed by atoms with van der Waals surface area (Å²) in [5, 5.41) is 0. The second-order valence-electron chi connectivity index (χ2n) is 9.04. The van der Waals surface area contributed by atoms with Crippen LogP contribution in [0, 0.1) is 11.6 Å². The summed E-state index contributed by atoms with van der Waals surface area (Å²) >= 11 is 0. The topological polar surface area (TPSA) is 23.6 Å². The third kappa shape index (κ3) is 4.55. The molecule has 0 radical (unpaired) electrons. The Labute approximate surface area is 193 Å². The van der Waals surface area contributed by atoms with E-state index in [1.165, 1.54) is 48.2 Å². The summed E-state index contributed by atoms with van der Waals surface area (Å²) in [5.74, 6) is -1.32. The fourth-order valence-corrected chi connectivity index (χ4v) is 5.28. The fourth-order valence-electron chi connectivity index (χ4n) is 5.28. The van der Waals surface area contributed by atoms with Crippen molar-refractivity contribution in [3.05, 3.63) is 107 Å². The molecule has 0 saturated carbocycles. The van der Waals surface area contributed by atoms with Crippen molar-refractivity contribution >= 4 is 5.91 Å². The van der Waals surface area contributed by atoms with Crippen molar-refractivity contribution in [2.24, 2.45) is 0 Å². The predicted octanol–water partition coefficient (Wildman–Crippen LogP) is 5.32. The molecule has 1 fully saturated rings. The number of hydrogen-bond acceptors (Lipinski definition) is 2. The largest absolute Gasteiger partial charge is 0.333 e. The van der Waals surface area contributed by atoms with Crippen LogP contribution in [-0.4, -0.2) is 41.9 Å². The molecular weight excluding hydrogens is 418 g/mol. The van der Waals surface area contributed by atoms with Gasteiger partial charge >= 0.3 is 0 Å². The summed E-state index contributed by atoms with van der Waals surface area (Å²) in [6.07, 6.45) is 3.18. The SMILES string of the molecule is O=C(C(c1ccc(F)cc1)c1ccc(F)cc1)N1CCc2ccccc2C1CN1CCCC1. The summed E-state index contributed by atoms with van der Waals surface area (Å²) < 4.78 is 27.3. The van der Waals surface area contributed by atoms with Crippen LogP contribution in [0.4, 0.5) is 8.78 Å². The zero-order valence-electron chi connectivity index (χ0n) is 18.6. The third-order valence-corrected chi connectivity index (χ3v) is 6.98. The van der Waals surface area contributed by atoms with Gasteiger partial charge in [0.1, 0.15) is 11.6 Å². The Morgan fingerprint density at radius 1 is 0.818 bits per heavy atom. The number of likely N-dealkylation sites (tertiary alicyclic amines) is 1. The number of rotatable bonds is 5. The van der Waals surface area contributed by atoms with Crippen molar-refractivity contribution < 1.29 is 13.6 Å². The van der Waals surface area contributed by atoms with Crippen LogP contribution in [-0.2, 0) is 11.2 Å². The maximum atomic E-state index is 14.2. The Morgan fingerprint density at radius 2 is 1.39 bits per heavy atom. The summed E-state index contributed by atoms with van der Waals surface area (Å²) in [6.45, 7) is 3.55. The number of hydrogen-bond donors (Lipinski definition) is 0. The molecule has 2 aliphatic heterocycles. The van der Waals surface area contributed by atoms with Crippen molar-refractivity contribution in [3.63, 3.8) is 0 Å². The van der Waals surface area contributed by atoms with E-state index >= 15 is 0 Å². The van der Waals surface area contributed by atoms with E-state index in [-0.39, 0.29) is 23.6 Å². The first kappa shape index (κ1) is 21.8. The molecule has 0 bridgehead atoms. The number of fused-ring (bicyclic) bond motifs is 1. The second kappa shape index (κ2) is 9.44. The van der Waals surface area contributed by atoms with Gasteiger partial charge in [-0.1, -0.05) is 48.5 Å². The molecule has 3 nitrogen and oxygen atoms in total. The second-order valence-corrected chi connectivity index (χ2v) is 9.04. The Bertz CT molecular complexity index is 1060. The van der Waals surface area contributed by atoms with Crippen LogP contribution < -0.4 is 0 Å². The average molecular weight is 447 g/mol. The molecule has 1 saturated heterocycles. The molecule has 0 spiro atoms. The smallest absolute Gasteiger partial charge is 0.235 e. The third-order valence-electron chi connectivity index (χ3n) is 6.98. The lowest BCUT2D eigenvalue weighted by Crippen LogP contribution is -2.46. The molecule has 1 unspecified atom stereocenters. The van der Waals surface area contributed by atoms with Crippen molar-refractivity contribution in [1.82, 2.24) is 9.80 Å². The van der Waals surface area contributed by atoms with Crippen molar-refractivity contribution in [2.75, 3.05) is 26.2 Å². The van der Waals surface area contributed by atoms with E-state index in [0.29, 0.717) is 17.7 Å². The predicted molar refractivity (Wildman–Crippen MR) is 125 cm³/mol. The monoisotopic (exact) mass is 446 g/mol. The van der Waals surface area contributed by atoms with E-state index in [4.69, 9.17) is 0 Å². The molecule has 0 N–H and O–H groups in total.